The summed E-state index contributed by atoms with van der Waals surface area (Å²) in [7, 11) is -3.39. The molecule has 3 aromatic rings. The number of piperidine rings is 1. The van der Waals surface area contributed by atoms with Gasteiger partial charge in [0.15, 0.2) is 15.0 Å². The van der Waals surface area contributed by atoms with Crippen molar-refractivity contribution < 1.29 is 12.8 Å². The minimum Gasteiger partial charge on any atom is -0.348 e. The van der Waals surface area contributed by atoms with Crippen LogP contribution in [0, 0.1) is 26.6 Å². The Kier molecular flexibility index (Phi) is 6.12. The molecule has 0 spiro atoms. The smallest absolute Gasteiger partial charge is 0.185 e. The summed E-state index contributed by atoms with van der Waals surface area (Å²) < 4.78 is 40.1. The zero-order chi connectivity index (χ0) is 22.3. The monoisotopic (exact) mass is 478 g/mol. The summed E-state index contributed by atoms with van der Waals surface area (Å²) in [5.41, 5.74) is 4.22. The van der Waals surface area contributed by atoms with Crippen molar-refractivity contribution >= 4 is 37.9 Å². The molecule has 1 aliphatic heterocycles. The van der Waals surface area contributed by atoms with E-state index in [9.17, 15) is 12.8 Å². The number of rotatable bonds is 4. The molecule has 2 heterocycles. The van der Waals surface area contributed by atoms with Gasteiger partial charge < -0.3 is 4.90 Å². The van der Waals surface area contributed by atoms with Crippen LogP contribution < -0.4 is 4.90 Å². The van der Waals surface area contributed by atoms with E-state index in [2.05, 4.69) is 9.88 Å². The average Bonchev–Trinajstić information content (AvgIpc) is 3.19. The number of halogens is 2. The molecule has 31 heavy (non-hydrogen) atoms. The summed E-state index contributed by atoms with van der Waals surface area (Å²) in [6, 6.07) is 8.44. The Hall–Kier alpha value is -1.96. The minimum atomic E-state index is -3.39. The number of anilines is 1. The average molecular weight is 479 g/mol. The normalized spacial score (nSPS) is 15.5. The van der Waals surface area contributed by atoms with E-state index in [-0.39, 0.29) is 10.3 Å². The molecule has 1 saturated heterocycles. The second kappa shape index (κ2) is 8.52. The molecule has 164 valence electrons. The summed E-state index contributed by atoms with van der Waals surface area (Å²) in [5.74, 6) is -0.455. The predicted molar refractivity (Wildman–Crippen MR) is 126 cm³/mol. The fourth-order valence-corrected chi connectivity index (χ4v) is 7.59. The molecular weight excluding hydrogens is 455 g/mol. The van der Waals surface area contributed by atoms with E-state index >= 15 is 0 Å². The highest BCUT2D eigenvalue weighted by Gasteiger charge is 2.34. The van der Waals surface area contributed by atoms with E-state index in [0.717, 1.165) is 33.1 Å². The molecule has 1 aromatic heterocycles. The highest BCUT2D eigenvalue weighted by molar-refractivity contribution is 7.92. The standard InChI is InChI=1S/C23H24ClFN2O2S2/c1-14-10-15(2)22(16(3)11-14)31(28,29)18-6-8-27(9-7-18)23-26-21(13-30-23)17-4-5-20(25)19(24)12-17/h4-5,10-13,18H,6-9H2,1-3H3. The van der Waals surface area contributed by atoms with Gasteiger partial charge in [0, 0.05) is 24.0 Å². The zero-order valence-corrected chi connectivity index (χ0v) is 20.0. The molecule has 0 atom stereocenters. The van der Waals surface area contributed by atoms with E-state index in [4.69, 9.17) is 11.6 Å². The van der Waals surface area contributed by atoms with Crippen molar-refractivity contribution in [1.29, 1.82) is 0 Å². The SMILES string of the molecule is Cc1cc(C)c(S(=O)(=O)C2CCN(c3nc(-c4ccc(F)c(Cl)c4)cs3)CC2)c(C)c1. The van der Waals surface area contributed by atoms with Gasteiger partial charge in [0.1, 0.15) is 5.82 Å². The van der Waals surface area contributed by atoms with Gasteiger partial charge in [0.25, 0.3) is 0 Å². The topological polar surface area (TPSA) is 50.3 Å². The lowest BCUT2D eigenvalue weighted by Gasteiger charge is -2.32. The van der Waals surface area contributed by atoms with Crippen LogP contribution >= 0.6 is 22.9 Å². The molecule has 0 N–H and O–H groups in total. The van der Waals surface area contributed by atoms with Crippen molar-refractivity contribution in [3.8, 4) is 11.3 Å². The lowest BCUT2D eigenvalue weighted by atomic mass is 10.1. The Morgan fingerprint density at radius 2 is 1.74 bits per heavy atom. The molecule has 0 unspecified atom stereocenters. The highest BCUT2D eigenvalue weighted by Crippen LogP contribution is 2.34. The third-order valence-corrected chi connectivity index (χ3v) is 9.50. The molecule has 0 saturated carbocycles. The minimum absolute atomic E-state index is 0.0692. The van der Waals surface area contributed by atoms with Gasteiger partial charge in [0.2, 0.25) is 0 Å². The number of benzene rings is 2. The maximum atomic E-state index is 13.4. The van der Waals surface area contributed by atoms with Crippen LogP contribution in [0.25, 0.3) is 11.3 Å². The molecule has 0 radical (unpaired) electrons. The number of aromatic nitrogens is 1. The largest absolute Gasteiger partial charge is 0.348 e. The molecule has 0 aliphatic carbocycles. The third kappa shape index (κ3) is 4.36. The van der Waals surface area contributed by atoms with Gasteiger partial charge in [-0.1, -0.05) is 29.3 Å². The summed E-state index contributed by atoms with van der Waals surface area (Å²) >= 11 is 7.39. The summed E-state index contributed by atoms with van der Waals surface area (Å²) in [6.07, 6.45) is 1.12. The summed E-state index contributed by atoms with van der Waals surface area (Å²) in [6.45, 7) is 6.99. The van der Waals surface area contributed by atoms with Crippen LogP contribution in [0.5, 0.6) is 0 Å². The van der Waals surface area contributed by atoms with E-state index in [1.54, 1.807) is 12.1 Å². The molecule has 2 aromatic carbocycles. The van der Waals surface area contributed by atoms with Gasteiger partial charge in [-0.25, -0.2) is 17.8 Å². The first-order valence-electron chi connectivity index (χ1n) is 10.1. The van der Waals surface area contributed by atoms with Crippen LogP contribution in [-0.4, -0.2) is 31.7 Å². The second-order valence-corrected chi connectivity index (χ2v) is 11.5. The van der Waals surface area contributed by atoms with E-state index in [1.807, 2.05) is 38.3 Å². The Morgan fingerprint density at radius 1 is 1.10 bits per heavy atom. The fourth-order valence-electron chi connectivity index (χ4n) is 4.34. The number of thiazole rings is 1. The van der Waals surface area contributed by atoms with Crippen LogP contribution in [0.4, 0.5) is 9.52 Å². The van der Waals surface area contributed by atoms with Gasteiger partial charge in [-0.3, -0.25) is 0 Å². The first kappa shape index (κ1) is 22.2. The number of aryl methyl sites for hydroxylation is 3. The molecule has 8 heteroatoms. The first-order valence-corrected chi connectivity index (χ1v) is 12.9. The molecule has 4 rings (SSSR count). The van der Waals surface area contributed by atoms with Gasteiger partial charge in [-0.2, -0.15) is 0 Å². The quantitative estimate of drug-likeness (QED) is 0.463. The molecular formula is C23H24ClFN2O2S2. The molecule has 0 amide bonds. The van der Waals surface area contributed by atoms with Crippen LogP contribution in [0.3, 0.4) is 0 Å². The van der Waals surface area contributed by atoms with E-state index < -0.39 is 15.7 Å². The second-order valence-electron chi connectivity index (χ2n) is 8.10. The van der Waals surface area contributed by atoms with Crippen LogP contribution in [0.1, 0.15) is 29.5 Å². The lowest BCUT2D eigenvalue weighted by molar-refractivity contribution is 0.528. The molecule has 1 aliphatic rings. The van der Waals surface area contributed by atoms with Crippen molar-refractivity contribution in [1.82, 2.24) is 4.98 Å². The maximum absolute atomic E-state index is 13.4. The maximum Gasteiger partial charge on any atom is 0.185 e. The van der Waals surface area contributed by atoms with Gasteiger partial charge >= 0.3 is 0 Å². The Balaban J connectivity index is 1.49. The van der Waals surface area contributed by atoms with Crippen molar-refractivity contribution in [2.45, 2.75) is 43.8 Å². The number of hydrogen-bond acceptors (Lipinski definition) is 5. The molecule has 4 nitrogen and oxygen atoms in total. The zero-order valence-electron chi connectivity index (χ0n) is 17.7. The number of hydrogen-bond donors (Lipinski definition) is 0. The third-order valence-electron chi connectivity index (χ3n) is 5.75. The van der Waals surface area contributed by atoms with Crippen molar-refractivity contribution in [2.24, 2.45) is 0 Å². The Bertz CT molecular complexity index is 1210. The first-order chi connectivity index (χ1) is 14.7. The Morgan fingerprint density at radius 3 is 2.35 bits per heavy atom. The van der Waals surface area contributed by atoms with E-state index in [0.29, 0.717) is 30.8 Å². The van der Waals surface area contributed by atoms with Crippen molar-refractivity contribution in [2.75, 3.05) is 18.0 Å². The van der Waals surface area contributed by atoms with E-state index in [1.165, 1.54) is 17.4 Å². The highest BCUT2D eigenvalue weighted by atomic mass is 35.5. The fraction of sp³-hybridized carbons (Fsp3) is 0.348. The molecule has 0 bridgehead atoms. The van der Waals surface area contributed by atoms with Crippen LogP contribution in [0.2, 0.25) is 5.02 Å². The predicted octanol–water partition coefficient (Wildman–Crippen LogP) is 5.97. The lowest BCUT2D eigenvalue weighted by Crippen LogP contribution is -2.39. The van der Waals surface area contributed by atoms with Gasteiger partial charge in [0.05, 0.1) is 20.9 Å². The van der Waals surface area contributed by atoms with Gasteiger partial charge in [-0.15, -0.1) is 11.3 Å². The number of nitrogens with zero attached hydrogens (tertiary/aromatic N) is 2. The number of sulfone groups is 1. The van der Waals surface area contributed by atoms with Gasteiger partial charge in [-0.05, 0) is 62.9 Å². The molecule has 1 fully saturated rings. The Labute approximate surface area is 191 Å². The summed E-state index contributed by atoms with van der Waals surface area (Å²) in [4.78, 5) is 7.28. The van der Waals surface area contributed by atoms with Crippen molar-refractivity contribution in [3.05, 3.63) is 63.2 Å². The van der Waals surface area contributed by atoms with Crippen LogP contribution in [0.15, 0.2) is 40.6 Å². The van der Waals surface area contributed by atoms with Crippen LogP contribution in [-0.2, 0) is 9.84 Å². The van der Waals surface area contributed by atoms with Crippen molar-refractivity contribution in [3.63, 3.8) is 0 Å². The summed E-state index contributed by atoms with van der Waals surface area (Å²) in [5, 5.41) is 2.44.